The zero-order chi connectivity index (χ0) is 15.3. The SMILES string of the molecule is Cn1cnnc1[C@@H]1CCCN1C(=O)c1cc2occc2n1C. The van der Waals surface area contributed by atoms with E-state index in [-0.39, 0.29) is 11.9 Å². The summed E-state index contributed by atoms with van der Waals surface area (Å²) in [5.41, 5.74) is 2.31. The highest BCUT2D eigenvalue weighted by atomic mass is 16.3. The highest BCUT2D eigenvalue weighted by Gasteiger charge is 2.34. The zero-order valence-electron chi connectivity index (χ0n) is 12.6. The molecule has 0 unspecified atom stereocenters. The average Bonchev–Trinajstić information content (AvgIpc) is 3.24. The van der Waals surface area contributed by atoms with Crippen LogP contribution in [0, 0.1) is 0 Å². The third-order valence-electron chi connectivity index (χ3n) is 4.44. The quantitative estimate of drug-likeness (QED) is 0.724. The van der Waals surface area contributed by atoms with Crippen molar-refractivity contribution in [3.05, 3.63) is 36.2 Å². The fourth-order valence-electron chi connectivity index (χ4n) is 3.27. The Morgan fingerprint density at radius 2 is 2.27 bits per heavy atom. The Hall–Kier alpha value is -2.57. The van der Waals surface area contributed by atoms with Crippen LogP contribution >= 0.6 is 0 Å². The van der Waals surface area contributed by atoms with E-state index in [0.717, 1.165) is 36.3 Å². The Labute approximate surface area is 127 Å². The first-order valence-electron chi connectivity index (χ1n) is 7.34. The summed E-state index contributed by atoms with van der Waals surface area (Å²) in [4.78, 5) is 14.8. The van der Waals surface area contributed by atoms with Gasteiger partial charge in [-0.15, -0.1) is 10.2 Å². The maximum Gasteiger partial charge on any atom is 0.271 e. The van der Waals surface area contributed by atoms with Crippen molar-refractivity contribution < 1.29 is 9.21 Å². The van der Waals surface area contributed by atoms with Crippen LogP contribution < -0.4 is 0 Å². The lowest BCUT2D eigenvalue weighted by molar-refractivity contribution is 0.0718. The third-order valence-corrected chi connectivity index (χ3v) is 4.44. The lowest BCUT2D eigenvalue weighted by Crippen LogP contribution is -2.33. The van der Waals surface area contributed by atoms with Crippen molar-refractivity contribution in [2.75, 3.05) is 6.54 Å². The maximum atomic E-state index is 13.0. The smallest absolute Gasteiger partial charge is 0.271 e. The molecule has 1 fully saturated rings. The summed E-state index contributed by atoms with van der Waals surface area (Å²) in [7, 11) is 3.80. The van der Waals surface area contributed by atoms with Crippen LogP contribution in [-0.2, 0) is 14.1 Å². The van der Waals surface area contributed by atoms with E-state index in [1.54, 1.807) is 12.6 Å². The fourth-order valence-corrected chi connectivity index (χ4v) is 3.27. The number of aromatic nitrogens is 4. The number of nitrogens with zero attached hydrogens (tertiary/aromatic N) is 5. The second kappa shape index (κ2) is 4.72. The largest absolute Gasteiger partial charge is 0.463 e. The average molecular weight is 299 g/mol. The number of hydrogen-bond donors (Lipinski definition) is 0. The molecule has 3 aromatic heterocycles. The van der Waals surface area contributed by atoms with Gasteiger partial charge in [-0.25, -0.2) is 0 Å². The zero-order valence-corrected chi connectivity index (χ0v) is 12.6. The van der Waals surface area contributed by atoms with Crippen LogP contribution in [0.5, 0.6) is 0 Å². The molecule has 22 heavy (non-hydrogen) atoms. The van der Waals surface area contributed by atoms with Gasteiger partial charge in [0.15, 0.2) is 11.4 Å². The number of likely N-dealkylation sites (tertiary alicyclic amines) is 1. The van der Waals surface area contributed by atoms with E-state index in [0.29, 0.717) is 5.69 Å². The first-order valence-corrected chi connectivity index (χ1v) is 7.34. The van der Waals surface area contributed by atoms with Gasteiger partial charge in [-0.05, 0) is 12.8 Å². The minimum absolute atomic E-state index is 0.0128. The molecule has 114 valence electrons. The predicted octanol–water partition coefficient (Wildman–Crippen LogP) is 1.88. The van der Waals surface area contributed by atoms with Crippen molar-refractivity contribution in [2.24, 2.45) is 14.1 Å². The lowest BCUT2D eigenvalue weighted by Gasteiger charge is -2.24. The minimum Gasteiger partial charge on any atom is -0.463 e. The molecule has 1 amide bonds. The molecular weight excluding hydrogens is 282 g/mol. The van der Waals surface area contributed by atoms with Gasteiger partial charge in [0.1, 0.15) is 12.0 Å². The second-order valence-corrected chi connectivity index (χ2v) is 5.72. The fraction of sp³-hybridized carbons (Fsp3) is 0.400. The van der Waals surface area contributed by atoms with Gasteiger partial charge in [-0.1, -0.05) is 0 Å². The molecule has 0 N–H and O–H groups in total. The van der Waals surface area contributed by atoms with E-state index in [9.17, 15) is 4.79 Å². The van der Waals surface area contributed by atoms with Crippen molar-refractivity contribution in [3.63, 3.8) is 0 Å². The van der Waals surface area contributed by atoms with Gasteiger partial charge in [0.2, 0.25) is 0 Å². The van der Waals surface area contributed by atoms with Crippen LogP contribution in [0.1, 0.15) is 35.2 Å². The summed E-state index contributed by atoms with van der Waals surface area (Å²) in [5, 5.41) is 8.10. The van der Waals surface area contributed by atoms with Gasteiger partial charge in [-0.3, -0.25) is 4.79 Å². The van der Waals surface area contributed by atoms with E-state index in [1.807, 2.05) is 40.3 Å². The molecule has 1 atom stereocenters. The first kappa shape index (κ1) is 13.1. The first-order chi connectivity index (χ1) is 10.7. The molecule has 1 aliphatic rings. The molecule has 7 nitrogen and oxygen atoms in total. The van der Waals surface area contributed by atoms with Crippen LogP contribution in [0.15, 0.2) is 29.1 Å². The van der Waals surface area contributed by atoms with Crippen LogP contribution in [-0.4, -0.2) is 36.7 Å². The predicted molar refractivity (Wildman–Crippen MR) is 79.2 cm³/mol. The number of hydrogen-bond acceptors (Lipinski definition) is 4. The topological polar surface area (TPSA) is 69.1 Å². The maximum absolute atomic E-state index is 13.0. The molecule has 0 aromatic carbocycles. The van der Waals surface area contributed by atoms with E-state index >= 15 is 0 Å². The number of carbonyl (C=O) groups is 1. The molecule has 4 rings (SSSR count). The summed E-state index contributed by atoms with van der Waals surface area (Å²) in [6.45, 7) is 0.739. The molecule has 0 saturated carbocycles. The lowest BCUT2D eigenvalue weighted by atomic mass is 10.2. The highest BCUT2D eigenvalue weighted by Crippen LogP contribution is 2.32. The van der Waals surface area contributed by atoms with Gasteiger partial charge in [0.25, 0.3) is 5.91 Å². The second-order valence-electron chi connectivity index (χ2n) is 5.72. The van der Waals surface area contributed by atoms with Gasteiger partial charge >= 0.3 is 0 Å². The summed E-state index contributed by atoms with van der Waals surface area (Å²) in [6, 6.07) is 3.67. The number of aryl methyl sites for hydroxylation is 2. The third kappa shape index (κ3) is 1.78. The number of fused-ring (bicyclic) bond motifs is 1. The van der Waals surface area contributed by atoms with Crippen LogP contribution in [0.2, 0.25) is 0 Å². The van der Waals surface area contributed by atoms with E-state index in [1.165, 1.54) is 0 Å². The molecule has 7 heteroatoms. The molecule has 0 spiro atoms. The molecule has 1 saturated heterocycles. The number of amides is 1. The summed E-state index contributed by atoms with van der Waals surface area (Å²) in [5.74, 6) is 0.850. The standard InChI is InChI=1S/C15H17N5O2/c1-18-9-16-17-14(18)11-4-3-6-20(11)15(21)12-8-13-10(19(12)2)5-7-22-13/h5,7-9,11H,3-4,6H2,1-2H3/t11-/m0/s1. The van der Waals surface area contributed by atoms with E-state index < -0.39 is 0 Å². The Morgan fingerprint density at radius 1 is 1.41 bits per heavy atom. The summed E-state index contributed by atoms with van der Waals surface area (Å²) in [6.07, 6.45) is 5.20. The van der Waals surface area contributed by atoms with Crippen LogP contribution in [0.3, 0.4) is 0 Å². The van der Waals surface area contributed by atoms with Crippen molar-refractivity contribution >= 4 is 17.0 Å². The van der Waals surface area contributed by atoms with Gasteiger partial charge in [0.05, 0.1) is 17.8 Å². The number of carbonyl (C=O) groups excluding carboxylic acids is 1. The van der Waals surface area contributed by atoms with Gasteiger partial charge < -0.3 is 18.5 Å². The van der Waals surface area contributed by atoms with E-state index in [2.05, 4.69) is 10.2 Å². The monoisotopic (exact) mass is 299 g/mol. The number of furan rings is 1. The highest BCUT2D eigenvalue weighted by molar-refractivity contribution is 5.97. The van der Waals surface area contributed by atoms with Gasteiger partial charge in [-0.2, -0.15) is 0 Å². The van der Waals surface area contributed by atoms with Crippen molar-refractivity contribution in [1.82, 2.24) is 24.2 Å². The normalized spacial score (nSPS) is 18.5. The molecule has 0 bridgehead atoms. The van der Waals surface area contributed by atoms with Crippen LogP contribution in [0.4, 0.5) is 0 Å². The Bertz CT molecular complexity index is 843. The Morgan fingerprint density at radius 3 is 3.00 bits per heavy atom. The number of rotatable bonds is 2. The van der Waals surface area contributed by atoms with Crippen molar-refractivity contribution in [2.45, 2.75) is 18.9 Å². The summed E-state index contributed by atoms with van der Waals surface area (Å²) < 4.78 is 9.16. The van der Waals surface area contributed by atoms with Gasteiger partial charge in [0, 0.05) is 32.8 Å². The minimum atomic E-state index is -0.0128. The van der Waals surface area contributed by atoms with Crippen molar-refractivity contribution in [3.8, 4) is 0 Å². The van der Waals surface area contributed by atoms with Crippen LogP contribution in [0.25, 0.3) is 11.1 Å². The molecule has 4 heterocycles. The molecule has 1 aliphatic heterocycles. The molecular formula is C15H17N5O2. The molecule has 3 aromatic rings. The van der Waals surface area contributed by atoms with E-state index in [4.69, 9.17) is 4.42 Å². The Kier molecular flexibility index (Phi) is 2.82. The molecule has 0 radical (unpaired) electrons. The van der Waals surface area contributed by atoms with Crippen molar-refractivity contribution in [1.29, 1.82) is 0 Å². The summed E-state index contributed by atoms with van der Waals surface area (Å²) >= 11 is 0. The Balaban J connectivity index is 1.71. The molecule has 0 aliphatic carbocycles.